The molecule has 1 heterocycles. The van der Waals surface area contributed by atoms with Crippen LogP contribution in [0.3, 0.4) is 0 Å². The maximum Gasteiger partial charge on any atom is 0.446 e. The second-order valence-electron chi connectivity index (χ2n) is 4.59. The first-order chi connectivity index (χ1) is 10.7. The van der Waals surface area contributed by atoms with Gasteiger partial charge in [-0.1, -0.05) is 12.1 Å². The number of H-pyrrole nitrogens is 1. The molecule has 1 aromatic carbocycles. The summed E-state index contributed by atoms with van der Waals surface area (Å²) in [4.78, 5) is 29.6. The number of thioether (sulfide) groups is 1. The quantitative estimate of drug-likeness (QED) is 0.837. The smallest absolute Gasteiger partial charge is 0.347 e. The van der Waals surface area contributed by atoms with Crippen LogP contribution in [-0.2, 0) is 6.54 Å². The van der Waals surface area contributed by atoms with Crippen LogP contribution in [0, 0.1) is 6.92 Å². The molecule has 2 aromatic rings. The summed E-state index contributed by atoms with van der Waals surface area (Å²) in [6, 6.07) is 6.71. The van der Waals surface area contributed by atoms with Gasteiger partial charge in [-0.05, 0) is 36.4 Å². The van der Waals surface area contributed by atoms with Crippen LogP contribution in [0.5, 0.6) is 0 Å². The van der Waals surface area contributed by atoms with Crippen molar-refractivity contribution in [1.29, 1.82) is 0 Å². The van der Waals surface area contributed by atoms with E-state index in [4.69, 9.17) is 0 Å². The van der Waals surface area contributed by atoms with Gasteiger partial charge in [-0.25, -0.2) is 4.98 Å². The Morgan fingerprint density at radius 2 is 1.96 bits per heavy atom. The number of amides is 1. The van der Waals surface area contributed by atoms with Gasteiger partial charge in [-0.2, -0.15) is 13.2 Å². The summed E-state index contributed by atoms with van der Waals surface area (Å²) in [6.45, 7) is 1.67. The Bertz CT molecular complexity index is 757. The lowest BCUT2D eigenvalue weighted by atomic mass is 10.2. The number of rotatable bonds is 4. The van der Waals surface area contributed by atoms with Crippen LogP contribution < -0.4 is 10.9 Å². The number of benzene rings is 1. The number of halogens is 3. The fourth-order valence-electron chi connectivity index (χ4n) is 1.78. The number of nitrogens with one attached hydrogen (secondary N) is 2. The van der Waals surface area contributed by atoms with E-state index in [1.807, 2.05) is 0 Å². The van der Waals surface area contributed by atoms with Gasteiger partial charge in [0.15, 0.2) is 0 Å². The van der Waals surface area contributed by atoms with Gasteiger partial charge in [0.2, 0.25) is 0 Å². The Hall–Kier alpha value is -2.29. The summed E-state index contributed by atoms with van der Waals surface area (Å²) in [5.74, 6) is -0.218. The van der Waals surface area contributed by atoms with E-state index in [1.54, 1.807) is 6.92 Å². The minimum absolute atomic E-state index is 0.0181. The summed E-state index contributed by atoms with van der Waals surface area (Å²) in [6.07, 6.45) is 0. The fourth-order valence-corrected chi connectivity index (χ4v) is 2.32. The normalized spacial score (nSPS) is 11.3. The van der Waals surface area contributed by atoms with E-state index < -0.39 is 17.0 Å². The zero-order valence-corrected chi connectivity index (χ0v) is 12.7. The largest absolute Gasteiger partial charge is 0.446 e. The monoisotopic (exact) mass is 343 g/mol. The lowest BCUT2D eigenvalue weighted by Crippen LogP contribution is -2.26. The first-order valence-electron chi connectivity index (χ1n) is 6.44. The Balaban J connectivity index is 1.97. The molecule has 5 nitrogen and oxygen atoms in total. The lowest BCUT2D eigenvalue weighted by Gasteiger charge is -2.08. The van der Waals surface area contributed by atoms with Crippen molar-refractivity contribution in [2.75, 3.05) is 0 Å². The van der Waals surface area contributed by atoms with Gasteiger partial charge in [0.05, 0.1) is 0 Å². The third-order valence-corrected chi connectivity index (χ3v) is 3.44. The highest BCUT2D eigenvalue weighted by molar-refractivity contribution is 8.00. The number of aromatic nitrogens is 2. The number of aryl methyl sites for hydroxylation is 1. The number of alkyl halides is 3. The second kappa shape index (κ2) is 6.86. The third-order valence-electron chi connectivity index (χ3n) is 2.70. The predicted molar refractivity (Wildman–Crippen MR) is 79.1 cm³/mol. The molecule has 0 atom stereocenters. The summed E-state index contributed by atoms with van der Waals surface area (Å²) < 4.78 is 36.7. The van der Waals surface area contributed by atoms with Crippen LogP contribution in [0.4, 0.5) is 13.2 Å². The molecule has 0 bridgehead atoms. The number of nitrogens with zero attached hydrogens (tertiary/aromatic N) is 1. The SMILES string of the molecule is Cc1nc(C(=O)NCc2ccc(SC(F)(F)F)cc2)cc(=O)[nH]1. The van der Waals surface area contributed by atoms with Crippen molar-refractivity contribution in [3.8, 4) is 0 Å². The molecule has 0 spiro atoms. The van der Waals surface area contributed by atoms with E-state index >= 15 is 0 Å². The topological polar surface area (TPSA) is 74.8 Å². The molecule has 0 fully saturated rings. The Morgan fingerprint density at radius 3 is 2.52 bits per heavy atom. The van der Waals surface area contributed by atoms with E-state index in [9.17, 15) is 22.8 Å². The molecular weight excluding hydrogens is 331 g/mol. The number of hydrogen-bond donors (Lipinski definition) is 2. The van der Waals surface area contributed by atoms with E-state index in [0.717, 1.165) is 6.07 Å². The molecule has 122 valence electrons. The van der Waals surface area contributed by atoms with E-state index in [2.05, 4.69) is 15.3 Å². The van der Waals surface area contributed by atoms with Crippen molar-refractivity contribution in [2.45, 2.75) is 23.9 Å². The molecule has 0 saturated heterocycles. The van der Waals surface area contributed by atoms with Gasteiger partial charge in [0, 0.05) is 17.5 Å². The van der Waals surface area contributed by atoms with Crippen molar-refractivity contribution in [3.05, 3.63) is 57.8 Å². The summed E-state index contributed by atoms with van der Waals surface area (Å²) >= 11 is -0.202. The molecule has 0 aliphatic rings. The summed E-state index contributed by atoms with van der Waals surface area (Å²) in [7, 11) is 0. The van der Waals surface area contributed by atoms with Crippen LogP contribution in [0.15, 0.2) is 40.0 Å². The second-order valence-corrected chi connectivity index (χ2v) is 5.73. The zero-order valence-electron chi connectivity index (χ0n) is 11.9. The molecule has 1 aromatic heterocycles. The van der Waals surface area contributed by atoms with Crippen molar-refractivity contribution >= 4 is 17.7 Å². The first kappa shape index (κ1) is 17.1. The minimum atomic E-state index is -4.33. The van der Waals surface area contributed by atoms with Gasteiger partial charge < -0.3 is 10.3 Å². The third kappa shape index (κ3) is 5.44. The van der Waals surface area contributed by atoms with Gasteiger partial charge in [0.25, 0.3) is 11.5 Å². The first-order valence-corrected chi connectivity index (χ1v) is 7.25. The van der Waals surface area contributed by atoms with E-state index in [0.29, 0.717) is 11.4 Å². The van der Waals surface area contributed by atoms with Gasteiger partial charge in [-0.15, -0.1) is 0 Å². The van der Waals surface area contributed by atoms with Crippen molar-refractivity contribution in [1.82, 2.24) is 15.3 Å². The van der Waals surface area contributed by atoms with Crippen LogP contribution >= 0.6 is 11.8 Å². The zero-order chi connectivity index (χ0) is 17.0. The van der Waals surface area contributed by atoms with E-state index in [1.165, 1.54) is 24.3 Å². The molecule has 1 amide bonds. The van der Waals surface area contributed by atoms with Crippen LogP contribution in [-0.4, -0.2) is 21.4 Å². The molecule has 2 rings (SSSR count). The van der Waals surface area contributed by atoms with Gasteiger partial charge in [-0.3, -0.25) is 9.59 Å². The van der Waals surface area contributed by atoms with Crippen molar-refractivity contribution in [3.63, 3.8) is 0 Å². The molecular formula is C14H12F3N3O2S. The molecule has 0 saturated carbocycles. The minimum Gasteiger partial charge on any atom is -0.347 e. The maximum absolute atomic E-state index is 12.2. The van der Waals surface area contributed by atoms with Gasteiger partial charge >= 0.3 is 5.51 Å². The fraction of sp³-hybridized carbons (Fsp3) is 0.214. The number of carbonyl (C=O) groups excluding carboxylic acids is 1. The maximum atomic E-state index is 12.2. The highest BCUT2D eigenvalue weighted by Gasteiger charge is 2.28. The number of hydrogen-bond acceptors (Lipinski definition) is 4. The Labute approximate surface area is 133 Å². The highest BCUT2D eigenvalue weighted by atomic mass is 32.2. The lowest BCUT2D eigenvalue weighted by molar-refractivity contribution is -0.0328. The summed E-state index contributed by atoms with van der Waals surface area (Å²) in [5.41, 5.74) is -4.15. The van der Waals surface area contributed by atoms with Crippen molar-refractivity contribution < 1.29 is 18.0 Å². The predicted octanol–water partition coefficient (Wildman–Crippen LogP) is 2.62. The van der Waals surface area contributed by atoms with Crippen LogP contribution in [0.25, 0.3) is 0 Å². The van der Waals surface area contributed by atoms with Gasteiger partial charge in [0.1, 0.15) is 11.5 Å². The standard InChI is InChI=1S/C14H12F3N3O2S/c1-8-19-11(6-12(21)20-8)13(22)18-7-9-2-4-10(5-3-9)23-14(15,16)17/h2-6H,7H2,1H3,(H,18,22)(H,19,20,21). The molecule has 0 unspecified atom stereocenters. The highest BCUT2D eigenvalue weighted by Crippen LogP contribution is 2.36. The Kier molecular flexibility index (Phi) is 5.09. The molecule has 9 heteroatoms. The molecule has 23 heavy (non-hydrogen) atoms. The average Bonchev–Trinajstić information content (AvgIpc) is 2.43. The number of carbonyl (C=O) groups is 1. The van der Waals surface area contributed by atoms with Crippen LogP contribution in [0.1, 0.15) is 21.9 Å². The summed E-state index contributed by atoms with van der Waals surface area (Å²) in [5, 5.41) is 2.55. The molecule has 0 radical (unpaired) electrons. The number of aromatic amines is 1. The molecule has 2 N–H and O–H groups in total. The van der Waals surface area contributed by atoms with E-state index in [-0.39, 0.29) is 28.9 Å². The Morgan fingerprint density at radius 1 is 1.30 bits per heavy atom. The van der Waals surface area contributed by atoms with Crippen molar-refractivity contribution in [2.24, 2.45) is 0 Å². The average molecular weight is 343 g/mol. The molecule has 0 aliphatic carbocycles. The van der Waals surface area contributed by atoms with Crippen LogP contribution in [0.2, 0.25) is 0 Å². The molecule has 0 aliphatic heterocycles.